The fourth-order valence-corrected chi connectivity index (χ4v) is 2.64. The molecule has 1 heterocycles. The topological polar surface area (TPSA) is 83.9 Å². The first-order valence-corrected chi connectivity index (χ1v) is 7.12. The Kier molecular flexibility index (Phi) is 5.15. The van der Waals surface area contributed by atoms with Gasteiger partial charge in [-0.05, 0) is 23.8 Å². The second-order valence-electron chi connectivity index (χ2n) is 5.36. The zero-order valence-electron chi connectivity index (χ0n) is 13.0. The number of rotatable bonds is 3. The lowest BCUT2D eigenvalue weighted by Gasteiger charge is -2.35. The quantitative estimate of drug-likeness (QED) is 0.841. The van der Waals surface area contributed by atoms with Gasteiger partial charge in [-0.3, -0.25) is 14.5 Å². The maximum absolute atomic E-state index is 12.7. The molecule has 0 fully saturated rings. The summed E-state index contributed by atoms with van der Waals surface area (Å²) < 4.78 is 42.6. The van der Waals surface area contributed by atoms with Crippen molar-refractivity contribution < 1.29 is 37.4 Å². The fraction of sp³-hybridized carbons (Fsp3) is 0.312. The van der Waals surface area contributed by atoms with Gasteiger partial charge in [0.1, 0.15) is 0 Å². The maximum atomic E-state index is 12.7. The van der Waals surface area contributed by atoms with Crippen molar-refractivity contribution in [2.24, 2.45) is 5.92 Å². The zero-order valence-corrected chi connectivity index (χ0v) is 13.0. The van der Waals surface area contributed by atoms with E-state index in [1.165, 1.54) is 0 Å². The number of ether oxygens (including phenoxy) is 1. The van der Waals surface area contributed by atoms with Gasteiger partial charge in [0.15, 0.2) is 5.78 Å². The van der Waals surface area contributed by atoms with Crippen molar-refractivity contribution in [1.29, 1.82) is 0 Å². The Bertz CT molecular complexity index is 711. The largest absolute Gasteiger partial charge is 0.469 e. The zero-order chi connectivity index (χ0) is 18.8. The highest BCUT2D eigenvalue weighted by Crippen LogP contribution is 2.37. The summed E-state index contributed by atoms with van der Waals surface area (Å²) in [7, 11) is 1.12. The van der Waals surface area contributed by atoms with E-state index in [1.807, 2.05) is 0 Å². The van der Waals surface area contributed by atoms with Gasteiger partial charge in [0, 0.05) is 6.20 Å². The van der Waals surface area contributed by atoms with Crippen LogP contribution in [0.3, 0.4) is 0 Å². The molecule has 0 radical (unpaired) electrons. The van der Waals surface area contributed by atoms with Crippen molar-refractivity contribution >= 4 is 17.8 Å². The molecule has 1 aliphatic rings. The monoisotopic (exact) mass is 357 g/mol. The van der Waals surface area contributed by atoms with Crippen LogP contribution < -0.4 is 0 Å². The number of carbonyl (C=O) groups excluding carboxylic acids is 2. The average molecular weight is 357 g/mol. The number of amides is 1. The lowest BCUT2D eigenvalue weighted by molar-refractivity contribution is -0.144. The Morgan fingerprint density at radius 2 is 1.84 bits per heavy atom. The molecule has 0 saturated carbocycles. The van der Waals surface area contributed by atoms with Crippen LogP contribution in [0.15, 0.2) is 36.5 Å². The summed E-state index contributed by atoms with van der Waals surface area (Å²) in [4.78, 5) is 35.9. The summed E-state index contributed by atoms with van der Waals surface area (Å²) in [5.41, 5.74) is -0.734. The fourth-order valence-electron chi connectivity index (χ4n) is 2.64. The molecule has 1 aromatic rings. The Hall–Kier alpha value is -2.84. The van der Waals surface area contributed by atoms with Crippen molar-refractivity contribution in [1.82, 2.24) is 4.90 Å². The lowest BCUT2D eigenvalue weighted by atomic mass is 9.83. The van der Waals surface area contributed by atoms with Crippen molar-refractivity contribution in [2.75, 3.05) is 7.11 Å². The van der Waals surface area contributed by atoms with Crippen molar-refractivity contribution in [3.63, 3.8) is 0 Å². The number of allylic oxidation sites excluding steroid dienone is 1. The average Bonchev–Trinajstić information content (AvgIpc) is 2.55. The third-order valence-electron chi connectivity index (χ3n) is 3.86. The molecule has 1 N–H and O–H groups in total. The van der Waals surface area contributed by atoms with Crippen molar-refractivity contribution in [3.05, 3.63) is 47.7 Å². The summed E-state index contributed by atoms with van der Waals surface area (Å²) in [6, 6.07) is 2.66. The van der Waals surface area contributed by atoms with Crippen LogP contribution in [0.4, 0.5) is 18.0 Å². The van der Waals surface area contributed by atoms with Gasteiger partial charge in [-0.2, -0.15) is 13.2 Å². The maximum Gasteiger partial charge on any atom is 0.416 e. The minimum Gasteiger partial charge on any atom is -0.469 e. The second kappa shape index (κ2) is 6.96. The molecule has 0 bridgehead atoms. The van der Waals surface area contributed by atoms with Gasteiger partial charge >= 0.3 is 18.2 Å². The first kappa shape index (κ1) is 18.5. The molecular formula is C16H14F3NO5. The molecule has 0 aromatic heterocycles. The summed E-state index contributed by atoms with van der Waals surface area (Å²) in [5.74, 6) is -2.33. The Balaban J connectivity index is 2.45. The van der Waals surface area contributed by atoms with Crippen LogP contribution in [0.5, 0.6) is 0 Å². The Morgan fingerprint density at radius 3 is 2.32 bits per heavy atom. The van der Waals surface area contributed by atoms with Crippen LogP contribution in [0.25, 0.3) is 0 Å². The molecular weight excluding hydrogens is 343 g/mol. The van der Waals surface area contributed by atoms with Crippen LogP contribution in [0.1, 0.15) is 23.6 Å². The molecule has 2 rings (SSSR count). The first-order valence-electron chi connectivity index (χ1n) is 7.12. The highest BCUT2D eigenvalue weighted by molar-refractivity contribution is 5.96. The van der Waals surface area contributed by atoms with Crippen LogP contribution >= 0.6 is 0 Å². The number of benzene rings is 1. The Morgan fingerprint density at radius 1 is 1.24 bits per heavy atom. The summed E-state index contributed by atoms with van der Waals surface area (Å²) in [5, 5.41) is 9.32. The molecule has 2 unspecified atom stereocenters. The van der Waals surface area contributed by atoms with Crippen LogP contribution in [0, 0.1) is 5.92 Å². The number of carbonyl (C=O) groups is 3. The smallest absolute Gasteiger partial charge is 0.416 e. The summed E-state index contributed by atoms with van der Waals surface area (Å²) in [6.45, 7) is 0. The van der Waals surface area contributed by atoms with Gasteiger partial charge in [-0.15, -0.1) is 0 Å². The molecule has 2 atom stereocenters. The van der Waals surface area contributed by atoms with E-state index in [4.69, 9.17) is 0 Å². The van der Waals surface area contributed by atoms with E-state index in [-0.39, 0.29) is 5.56 Å². The molecule has 9 heteroatoms. The number of esters is 1. The first-order chi connectivity index (χ1) is 11.6. The molecule has 0 saturated heterocycles. The molecule has 1 amide bonds. The van der Waals surface area contributed by atoms with Crippen molar-refractivity contribution in [3.8, 4) is 0 Å². The number of halogens is 3. The molecule has 0 spiro atoms. The molecule has 134 valence electrons. The molecule has 25 heavy (non-hydrogen) atoms. The van der Waals surface area contributed by atoms with Gasteiger partial charge in [0.25, 0.3) is 0 Å². The molecule has 1 aliphatic heterocycles. The molecule has 1 aromatic carbocycles. The predicted octanol–water partition coefficient (Wildman–Crippen LogP) is 3.00. The van der Waals surface area contributed by atoms with E-state index in [0.717, 1.165) is 48.6 Å². The van der Waals surface area contributed by atoms with Gasteiger partial charge in [0.05, 0.1) is 31.1 Å². The molecule has 6 nitrogen and oxygen atoms in total. The van der Waals surface area contributed by atoms with Gasteiger partial charge in [-0.25, -0.2) is 4.79 Å². The van der Waals surface area contributed by atoms with Crippen LogP contribution in [-0.2, 0) is 20.5 Å². The van der Waals surface area contributed by atoms with E-state index in [9.17, 15) is 32.7 Å². The Labute approximate surface area is 140 Å². The van der Waals surface area contributed by atoms with E-state index in [0.29, 0.717) is 0 Å². The third-order valence-corrected chi connectivity index (χ3v) is 3.86. The lowest BCUT2D eigenvalue weighted by Crippen LogP contribution is -2.41. The summed E-state index contributed by atoms with van der Waals surface area (Å²) >= 11 is 0. The number of ketones is 1. The van der Waals surface area contributed by atoms with E-state index in [1.54, 1.807) is 0 Å². The molecule has 0 aliphatic carbocycles. The minimum atomic E-state index is -4.54. The van der Waals surface area contributed by atoms with Crippen molar-refractivity contribution in [2.45, 2.75) is 18.6 Å². The number of hydrogen-bond donors (Lipinski definition) is 1. The van der Waals surface area contributed by atoms with Gasteiger partial charge in [-0.1, -0.05) is 12.1 Å². The third kappa shape index (κ3) is 3.98. The SMILES string of the molecule is COC(=O)CC1C(=O)C=CN(C(=O)O)C1c1ccc(C(F)(F)F)cc1. The van der Waals surface area contributed by atoms with Crippen LogP contribution in [0.2, 0.25) is 0 Å². The number of methoxy groups -OCH3 is 1. The number of alkyl halides is 3. The van der Waals surface area contributed by atoms with Crippen LogP contribution in [-0.4, -0.2) is 35.0 Å². The van der Waals surface area contributed by atoms with E-state index in [2.05, 4.69) is 4.74 Å². The van der Waals surface area contributed by atoms with Gasteiger partial charge in [0.2, 0.25) is 0 Å². The van der Waals surface area contributed by atoms with E-state index >= 15 is 0 Å². The summed E-state index contributed by atoms with van der Waals surface area (Å²) in [6.07, 6.45) is -4.29. The highest BCUT2D eigenvalue weighted by Gasteiger charge is 2.40. The van der Waals surface area contributed by atoms with E-state index < -0.39 is 48.0 Å². The normalized spacial score (nSPS) is 20.5. The second-order valence-corrected chi connectivity index (χ2v) is 5.36. The number of carboxylic acid groups (broad SMARTS) is 1. The predicted molar refractivity (Wildman–Crippen MR) is 78.3 cm³/mol. The highest BCUT2D eigenvalue weighted by atomic mass is 19.4. The minimum absolute atomic E-state index is 0.169. The standard InChI is InChI=1S/C16H14F3NO5/c1-25-13(22)8-11-12(21)6-7-20(15(23)24)14(11)9-2-4-10(5-3-9)16(17,18)19/h2-7,11,14H,8H2,1H3,(H,23,24). The number of nitrogens with zero attached hydrogens (tertiary/aromatic N) is 1. The van der Waals surface area contributed by atoms with Gasteiger partial charge < -0.3 is 9.84 Å². The number of hydrogen-bond acceptors (Lipinski definition) is 4.